The van der Waals surface area contributed by atoms with E-state index in [-0.39, 0.29) is 5.91 Å². The number of hydrogen-bond donors (Lipinski definition) is 0. The van der Waals surface area contributed by atoms with E-state index in [1.54, 1.807) is 14.0 Å². The highest BCUT2D eigenvalue weighted by Gasteiger charge is 2.52. The minimum absolute atomic E-state index is 0.173. The lowest BCUT2D eigenvalue weighted by atomic mass is 9.72. The fourth-order valence-electron chi connectivity index (χ4n) is 4.06. The number of amides is 1. The van der Waals surface area contributed by atoms with Crippen LogP contribution >= 0.6 is 27.5 Å². The van der Waals surface area contributed by atoms with E-state index in [0.717, 1.165) is 54.0 Å². The molecular weight excluding hydrogens is 430 g/mol. The van der Waals surface area contributed by atoms with Crippen molar-refractivity contribution in [1.29, 1.82) is 0 Å². The maximum Gasteiger partial charge on any atom is 0.219 e. The Balaban J connectivity index is 1.46. The molecule has 7 heteroatoms. The molecule has 1 aromatic carbocycles. The average molecular weight is 451 g/mol. The third-order valence-corrected chi connectivity index (χ3v) is 6.67. The zero-order valence-corrected chi connectivity index (χ0v) is 17.7. The molecule has 2 aliphatic heterocycles. The molecule has 5 nitrogen and oxygen atoms in total. The Labute approximate surface area is 172 Å². The normalized spacial score (nSPS) is 18.1. The van der Waals surface area contributed by atoms with Crippen molar-refractivity contribution in [2.24, 2.45) is 5.41 Å². The second-order valence-electron chi connectivity index (χ2n) is 7.49. The first-order valence-corrected chi connectivity index (χ1v) is 10.0. The molecule has 0 N–H and O–H groups in total. The smallest absolute Gasteiger partial charge is 0.219 e. The minimum atomic E-state index is 0.173. The van der Waals surface area contributed by atoms with Gasteiger partial charge in [-0.05, 0) is 28.1 Å². The van der Waals surface area contributed by atoms with Crippen LogP contribution in [0.25, 0.3) is 11.3 Å². The van der Waals surface area contributed by atoms with E-state index in [0.29, 0.717) is 16.3 Å². The van der Waals surface area contributed by atoms with Gasteiger partial charge in [0.2, 0.25) is 11.8 Å². The van der Waals surface area contributed by atoms with Crippen LogP contribution in [0.15, 0.2) is 34.8 Å². The number of ether oxygens (including phenoxy) is 1. The predicted molar refractivity (Wildman–Crippen MR) is 109 cm³/mol. The van der Waals surface area contributed by atoms with Gasteiger partial charge in [-0.2, -0.15) is 0 Å². The summed E-state index contributed by atoms with van der Waals surface area (Å²) in [5.74, 6) is 0.801. The van der Waals surface area contributed by atoms with Gasteiger partial charge in [0.15, 0.2) is 0 Å². The van der Waals surface area contributed by atoms with E-state index in [4.69, 9.17) is 16.3 Å². The molecule has 2 aliphatic rings. The number of carbonyl (C=O) groups excluding carboxylic acids is 1. The van der Waals surface area contributed by atoms with E-state index in [2.05, 4.69) is 31.9 Å². The summed E-state index contributed by atoms with van der Waals surface area (Å²) in [6, 6.07) is 9.85. The number of aromatic nitrogens is 1. The Kier molecular flexibility index (Phi) is 4.91. The Hall–Kier alpha value is -1.63. The molecular formula is C20H21BrClN3O2. The first kappa shape index (κ1) is 18.7. The van der Waals surface area contributed by atoms with Crippen LogP contribution in [-0.2, 0) is 11.3 Å². The van der Waals surface area contributed by atoms with Gasteiger partial charge in [-0.25, -0.2) is 4.98 Å². The maximum atomic E-state index is 11.4. The second kappa shape index (κ2) is 7.08. The SMILES string of the molecule is COc1nc(-c2cccc(Br)c2Cl)ccc1CN1CC2(C1)CN(C(C)=O)C2. The zero-order chi connectivity index (χ0) is 19.2. The fourth-order valence-corrected chi connectivity index (χ4v) is 4.65. The van der Waals surface area contributed by atoms with Crippen LogP contribution < -0.4 is 4.74 Å². The molecule has 0 aliphatic carbocycles. The summed E-state index contributed by atoms with van der Waals surface area (Å²) in [7, 11) is 1.65. The van der Waals surface area contributed by atoms with Crippen LogP contribution in [0.5, 0.6) is 5.88 Å². The van der Waals surface area contributed by atoms with Crippen molar-refractivity contribution in [3.63, 3.8) is 0 Å². The van der Waals surface area contributed by atoms with Crippen molar-refractivity contribution in [1.82, 2.24) is 14.8 Å². The fraction of sp³-hybridized carbons (Fsp3) is 0.400. The number of pyridine rings is 1. The van der Waals surface area contributed by atoms with Crippen molar-refractivity contribution >= 4 is 33.4 Å². The van der Waals surface area contributed by atoms with Gasteiger partial charge >= 0.3 is 0 Å². The zero-order valence-electron chi connectivity index (χ0n) is 15.3. The second-order valence-corrected chi connectivity index (χ2v) is 8.72. The molecule has 142 valence electrons. The van der Waals surface area contributed by atoms with E-state index in [1.807, 2.05) is 29.2 Å². The molecule has 1 spiro atoms. The quantitative estimate of drug-likeness (QED) is 0.710. The molecule has 1 amide bonds. The first-order chi connectivity index (χ1) is 12.9. The lowest BCUT2D eigenvalue weighted by Crippen LogP contribution is -2.72. The van der Waals surface area contributed by atoms with Gasteiger partial charge in [-0.1, -0.05) is 29.8 Å². The maximum absolute atomic E-state index is 11.4. The molecule has 2 saturated heterocycles. The molecule has 0 bridgehead atoms. The lowest BCUT2D eigenvalue weighted by Gasteiger charge is -2.60. The summed E-state index contributed by atoms with van der Waals surface area (Å²) in [6.07, 6.45) is 0. The van der Waals surface area contributed by atoms with Crippen LogP contribution in [0.4, 0.5) is 0 Å². The van der Waals surface area contributed by atoms with Crippen LogP contribution in [-0.4, -0.2) is 54.0 Å². The third-order valence-electron chi connectivity index (χ3n) is 5.37. The summed E-state index contributed by atoms with van der Waals surface area (Å²) in [6.45, 7) is 6.23. The first-order valence-electron chi connectivity index (χ1n) is 8.87. The van der Waals surface area contributed by atoms with Crippen molar-refractivity contribution in [2.45, 2.75) is 13.5 Å². The Bertz CT molecular complexity index is 891. The van der Waals surface area contributed by atoms with Crippen molar-refractivity contribution < 1.29 is 9.53 Å². The molecule has 0 unspecified atom stereocenters. The summed E-state index contributed by atoms with van der Waals surface area (Å²) in [5, 5.41) is 0.643. The van der Waals surface area contributed by atoms with Crippen LogP contribution in [0.2, 0.25) is 5.02 Å². The predicted octanol–water partition coefficient (Wildman–Crippen LogP) is 3.84. The number of benzene rings is 1. The molecule has 27 heavy (non-hydrogen) atoms. The van der Waals surface area contributed by atoms with E-state index in [1.165, 1.54) is 0 Å². The number of carbonyl (C=O) groups is 1. The van der Waals surface area contributed by atoms with Gasteiger partial charge in [-0.3, -0.25) is 9.69 Å². The van der Waals surface area contributed by atoms with Gasteiger partial charge in [0.05, 0.1) is 17.8 Å². The summed E-state index contributed by atoms with van der Waals surface area (Å²) >= 11 is 9.86. The Morgan fingerprint density at radius 3 is 2.67 bits per heavy atom. The number of halogens is 2. The molecule has 2 fully saturated rings. The number of rotatable bonds is 4. The molecule has 4 rings (SSSR count). The monoisotopic (exact) mass is 449 g/mol. The van der Waals surface area contributed by atoms with Crippen LogP contribution in [0.1, 0.15) is 12.5 Å². The summed E-state index contributed by atoms with van der Waals surface area (Å²) in [4.78, 5) is 20.3. The Morgan fingerprint density at radius 1 is 1.26 bits per heavy atom. The van der Waals surface area contributed by atoms with E-state index < -0.39 is 0 Å². The summed E-state index contributed by atoms with van der Waals surface area (Å²) in [5.41, 5.74) is 3.02. The highest BCUT2D eigenvalue weighted by atomic mass is 79.9. The number of nitrogens with zero attached hydrogens (tertiary/aromatic N) is 3. The average Bonchev–Trinajstić information content (AvgIpc) is 2.58. The largest absolute Gasteiger partial charge is 0.481 e. The van der Waals surface area contributed by atoms with Crippen molar-refractivity contribution in [3.8, 4) is 17.1 Å². The number of likely N-dealkylation sites (tertiary alicyclic amines) is 2. The highest BCUT2D eigenvalue weighted by molar-refractivity contribution is 9.10. The molecule has 3 heterocycles. The van der Waals surface area contributed by atoms with Gasteiger partial charge < -0.3 is 9.64 Å². The highest BCUT2D eigenvalue weighted by Crippen LogP contribution is 2.41. The lowest BCUT2D eigenvalue weighted by molar-refractivity contribution is -0.157. The number of hydrogen-bond acceptors (Lipinski definition) is 4. The standard InChI is InChI=1S/C20H21BrClN3O2/c1-13(26)25-11-20(12-25)9-24(10-20)8-14-6-7-17(23-19(14)27-2)15-4-3-5-16(21)18(15)22/h3-7H,8-12H2,1-2H3. The topological polar surface area (TPSA) is 45.7 Å². The van der Waals surface area contributed by atoms with Crippen molar-refractivity contribution in [2.75, 3.05) is 33.3 Å². The summed E-state index contributed by atoms with van der Waals surface area (Å²) < 4.78 is 6.39. The number of methoxy groups -OCH3 is 1. The van der Waals surface area contributed by atoms with Gasteiger partial charge in [0.1, 0.15) is 0 Å². The Morgan fingerprint density at radius 2 is 2.00 bits per heavy atom. The molecule has 0 atom stereocenters. The van der Waals surface area contributed by atoms with Gasteiger partial charge in [-0.15, -0.1) is 0 Å². The minimum Gasteiger partial charge on any atom is -0.481 e. The van der Waals surface area contributed by atoms with Gasteiger partial charge in [0.25, 0.3) is 0 Å². The van der Waals surface area contributed by atoms with E-state index >= 15 is 0 Å². The third kappa shape index (κ3) is 3.46. The van der Waals surface area contributed by atoms with E-state index in [9.17, 15) is 4.79 Å². The van der Waals surface area contributed by atoms with Crippen molar-refractivity contribution in [3.05, 3.63) is 45.4 Å². The molecule has 1 aromatic heterocycles. The van der Waals surface area contributed by atoms with Gasteiger partial charge in [0, 0.05) is 60.7 Å². The van der Waals surface area contributed by atoms with Crippen LogP contribution in [0.3, 0.4) is 0 Å². The molecule has 2 aromatic rings. The molecule has 0 saturated carbocycles. The molecule has 0 radical (unpaired) electrons. The van der Waals surface area contributed by atoms with Crippen LogP contribution in [0, 0.1) is 5.41 Å².